The van der Waals surface area contributed by atoms with Crippen LogP contribution in [0.2, 0.25) is 5.02 Å². The van der Waals surface area contributed by atoms with Gasteiger partial charge in [0, 0.05) is 49.0 Å². The average Bonchev–Trinajstić information content (AvgIpc) is 3.27. The van der Waals surface area contributed by atoms with Crippen LogP contribution in [0.3, 0.4) is 0 Å². The number of nitrogens with one attached hydrogen (secondary N) is 1. The third kappa shape index (κ3) is 4.43. The molecular formula is C22H22ClN3O3. The molecule has 2 aromatic carbocycles. The normalized spacial score (nSPS) is 16.6. The van der Waals surface area contributed by atoms with Crippen LogP contribution >= 0.6 is 11.6 Å². The third-order valence-corrected chi connectivity index (χ3v) is 5.40. The number of fused-ring (bicyclic) bond motifs is 1. The van der Waals surface area contributed by atoms with Gasteiger partial charge in [0.05, 0.1) is 0 Å². The van der Waals surface area contributed by atoms with E-state index in [0.717, 1.165) is 5.56 Å². The molecule has 7 heteroatoms. The molecule has 0 spiro atoms. The number of amides is 2. The van der Waals surface area contributed by atoms with E-state index in [0.29, 0.717) is 60.1 Å². The standard InChI is InChI=1S/C22H22ClN3O3/c1-2-26-13-15(10-21(26)27)12-24-22(28)16-6-7-18-19(11-16)29-20(25-18)9-14-4-3-5-17(23)8-14/h3-8,11,15H,2,9-10,12-13H2,1H3,(H,24,28)/t15-/m0/s1. The van der Waals surface area contributed by atoms with E-state index in [-0.39, 0.29) is 17.7 Å². The molecule has 6 nitrogen and oxygen atoms in total. The van der Waals surface area contributed by atoms with E-state index < -0.39 is 0 Å². The number of halogens is 1. The van der Waals surface area contributed by atoms with Gasteiger partial charge in [0.2, 0.25) is 5.91 Å². The summed E-state index contributed by atoms with van der Waals surface area (Å²) in [5.41, 5.74) is 2.80. The second-order valence-corrected chi connectivity index (χ2v) is 7.75. The van der Waals surface area contributed by atoms with Gasteiger partial charge in [0.25, 0.3) is 5.91 Å². The lowest BCUT2D eigenvalue weighted by Crippen LogP contribution is -2.31. The number of nitrogens with zero attached hydrogens (tertiary/aromatic N) is 2. The van der Waals surface area contributed by atoms with Gasteiger partial charge in [0.1, 0.15) is 5.52 Å². The van der Waals surface area contributed by atoms with E-state index >= 15 is 0 Å². The summed E-state index contributed by atoms with van der Waals surface area (Å²) < 4.78 is 5.84. The molecule has 1 saturated heterocycles. The maximum atomic E-state index is 12.5. The molecule has 0 saturated carbocycles. The van der Waals surface area contributed by atoms with E-state index in [2.05, 4.69) is 10.3 Å². The van der Waals surface area contributed by atoms with E-state index in [1.54, 1.807) is 18.2 Å². The number of carbonyl (C=O) groups is 2. The van der Waals surface area contributed by atoms with Crippen molar-refractivity contribution in [3.63, 3.8) is 0 Å². The predicted molar refractivity (Wildman–Crippen MR) is 111 cm³/mol. The largest absolute Gasteiger partial charge is 0.440 e. The topological polar surface area (TPSA) is 75.4 Å². The van der Waals surface area contributed by atoms with Crippen molar-refractivity contribution in [2.24, 2.45) is 5.92 Å². The minimum atomic E-state index is -0.179. The molecule has 1 N–H and O–H groups in total. The zero-order chi connectivity index (χ0) is 20.4. The zero-order valence-electron chi connectivity index (χ0n) is 16.2. The smallest absolute Gasteiger partial charge is 0.251 e. The van der Waals surface area contributed by atoms with Gasteiger partial charge in [-0.1, -0.05) is 23.7 Å². The Morgan fingerprint density at radius 3 is 2.93 bits per heavy atom. The molecule has 1 aromatic heterocycles. The van der Waals surface area contributed by atoms with E-state index in [4.69, 9.17) is 16.0 Å². The van der Waals surface area contributed by atoms with Crippen LogP contribution in [-0.4, -0.2) is 41.3 Å². The summed E-state index contributed by atoms with van der Waals surface area (Å²) in [5.74, 6) is 0.706. The molecule has 1 fully saturated rings. The van der Waals surface area contributed by atoms with Gasteiger partial charge in [-0.25, -0.2) is 4.98 Å². The number of carbonyl (C=O) groups excluding carboxylic acids is 2. The third-order valence-electron chi connectivity index (χ3n) is 5.17. The Balaban J connectivity index is 1.42. The van der Waals surface area contributed by atoms with Crippen LogP contribution in [0.4, 0.5) is 0 Å². The molecule has 0 radical (unpaired) electrons. The Hall–Kier alpha value is -2.86. The van der Waals surface area contributed by atoms with E-state index in [1.807, 2.05) is 36.1 Å². The van der Waals surface area contributed by atoms with Crippen molar-refractivity contribution in [2.45, 2.75) is 19.8 Å². The molecule has 0 unspecified atom stereocenters. The van der Waals surface area contributed by atoms with Crippen LogP contribution in [0, 0.1) is 5.92 Å². The molecule has 3 aromatic rings. The molecule has 0 bridgehead atoms. The molecule has 1 aliphatic rings. The van der Waals surface area contributed by atoms with Crippen molar-refractivity contribution in [3.05, 3.63) is 64.5 Å². The van der Waals surface area contributed by atoms with Gasteiger partial charge in [-0.3, -0.25) is 9.59 Å². The average molecular weight is 412 g/mol. The molecule has 1 atom stereocenters. The van der Waals surface area contributed by atoms with Crippen molar-refractivity contribution in [3.8, 4) is 0 Å². The Morgan fingerprint density at radius 2 is 2.17 bits per heavy atom. The van der Waals surface area contributed by atoms with Crippen molar-refractivity contribution in [1.29, 1.82) is 0 Å². The summed E-state index contributed by atoms with van der Waals surface area (Å²) in [7, 11) is 0. The Labute approximate surface area is 173 Å². The van der Waals surface area contributed by atoms with Crippen LogP contribution in [0.5, 0.6) is 0 Å². The highest BCUT2D eigenvalue weighted by molar-refractivity contribution is 6.30. The molecule has 2 heterocycles. The number of hydrogen-bond donors (Lipinski definition) is 1. The highest BCUT2D eigenvalue weighted by Crippen LogP contribution is 2.21. The number of likely N-dealkylation sites (tertiary alicyclic amines) is 1. The Kier molecular flexibility index (Phi) is 5.53. The van der Waals surface area contributed by atoms with Gasteiger partial charge < -0.3 is 14.6 Å². The number of rotatable bonds is 6. The van der Waals surface area contributed by atoms with Gasteiger partial charge in [-0.15, -0.1) is 0 Å². The molecule has 150 valence electrons. The summed E-state index contributed by atoms with van der Waals surface area (Å²) in [4.78, 5) is 30.6. The van der Waals surface area contributed by atoms with Gasteiger partial charge in [-0.05, 0) is 42.8 Å². The summed E-state index contributed by atoms with van der Waals surface area (Å²) in [6, 6.07) is 12.8. The quantitative estimate of drug-likeness (QED) is 0.671. The predicted octanol–water partition coefficient (Wildman–Crippen LogP) is 3.67. The van der Waals surface area contributed by atoms with Crippen LogP contribution in [0.1, 0.15) is 35.2 Å². The van der Waals surface area contributed by atoms with Gasteiger partial charge in [-0.2, -0.15) is 0 Å². The fourth-order valence-electron chi connectivity index (χ4n) is 3.65. The molecule has 29 heavy (non-hydrogen) atoms. The monoisotopic (exact) mass is 411 g/mol. The lowest BCUT2D eigenvalue weighted by atomic mass is 10.1. The first kappa shape index (κ1) is 19.5. The minimum Gasteiger partial charge on any atom is -0.440 e. The maximum absolute atomic E-state index is 12.5. The fourth-order valence-corrected chi connectivity index (χ4v) is 3.86. The number of aromatic nitrogens is 1. The highest BCUT2D eigenvalue weighted by atomic mass is 35.5. The Morgan fingerprint density at radius 1 is 1.31 bits per heavy atom. The van der Waals surface area contributed by atoms with Crippen LogP contribution < -0.4 is 5.32 Å². The molecule has 0 aliphatic carbocycles. The summed E-state index contributed by atoms with van der Waals surface area (Å²) in [6.45, 7) is 3.86. The van der Waals surface area contributed by atoms with Crippen LogP contribution in [0.15, 0.2) is 46.9 Å². The second-order valence-electron chi connectivity index (χ2n) is 7.31. The van der Waals surface area contributed by atoms with Crippen molar-refractivity contribution >= 4 is 34.5 Å². The first-order valence-electron chi connectivity index (χ1n) is 9.71. The van der Waals surface area contributed by atoms with Crippen molar-refractivity contribution < 1.29 is 14.0 Å². The van der Waals surface area contributed by atoms with Crippen LogP contribution in [0.25, 0.3) is 11.1 Å². The van der Waals surface area contributed by atoms with E-state index in [1.165, 1.54) is 0 Å². The molecular weight excluding hydrogens is 390 g/mol. The highest BCUT2D eigenvalue weighted by Gasteiger charge is 2.28. The van der Waals surface area contributed by atoms with Crippen LogP contribution in [-0.2, 0) is 11.2 Å². The molecule has 1 aliphatic heterocycles. The first-order valence-corrected chi connectivity index (χ1v) is 10.1. The zero-order valence-corrected chi connectivity index (χ0v) is 16.9. The first-order chi connectivity index (χ1) is 14.0. The minimum absolute atomic E-state index is 0.155. The summed E-state index contributed by atoms with van der Waals surface area (Å²) in [6.07, 6.45) is 1.02. The molecule has 2 amide bonds. The van der Waals surface area contributed by atoms with Crippen molar-refractivity contribution in [2.75, 3.05) is 19.6 Å². The van der Waals surface area contributed by atoms with Gasteiger partial charge in [0.15, 0.2) is 11.5 Å². The SMILES string of the molecule is CCN1C[C@H](CNC(=O)c2ccc3nc(Cc4cccc(Cl)c4)oc3c2)CC1=O. The van der Waals surface area contributed by atoms with E-state index in [9.17, 15) is 9.59 Å². The maximum Gasteiger partial charge on any atom is 0.251 e. The lowest BCUT2D eigenvalue weighted by molar-refractivity contribution is -0.127. The summed E-state index contributed by atoms with van der Waals surface area (Å²) >= 11 is 6.03. The molecule has 4 rings (SSSR count). The second kappa shape index (κ2) is 8.25. The lowest BCUT2D eigenvalue weighted by Gasteiger charge is -2.14. The Bertz CT molecular complexity index is 1060. The number of hydrogen-bond acceptors (Lipinski definition) is 4. The van der Waals surface area contributed by atoms with Crippen molar-refractivity contribution in [1.82, 2.24) is 15.2 Å². The number of oxazole rings is 1. The fraction of sp³-hybridized carbons (Fsp3) is 0.318. The van der Waals surface area contributed by atoms with Gasteiger partial charge >= 0.3 is 0 Å². The number of benzene rings is 2. The summed E-state index contributed by atoms with van der Waals surface area (Å²) in [5, 5.41) is 3.60.